The number of methoxy groups -OCH3 is 1. The smallest absolute Gasteiger partial charge is 0.332 e. The first kappa shape index (κ1) is 15.0. The Hall–Kier alpha value is -1.93. The fourth-order valence-corrected chi connectivity index (χ4v) is 3.06. The molecule has 1 aliphatic heterocycles. The molecule has 1 fully saturated rings. The van der Waals surface area contributed by atoms with Crippen LogP contribution in [0.4, 0.5) is 0 Å². The predicted octanol–water partition coefficient (Wildman–Crippen LogP) is -0.668. The molecule has 0 amide bonds. The van der Waals surface area contributed by atoms with Crippen molar-refractivity contribution in [1.29, 1.82) is 0 Å². The summed E-state index contributed by atoms with van der Waals surface area (Å²) in [4.78, 5) is 29.1. The van der Waals surface area contributed by atoms with Crippen LogP contribution in [0, 0.1) is 0 Å². The fraction of sp³-hybridized carbons (Fsp3) is 0.643. The third-order valence-corrected chi connectivity index (χ3v) is 4.27. The van der Waals surface area contributed by atoms with Gasteiger partial charge in [-0.15, -0.1) is 0 Å². The van der Waals surface area contributed by atoms with Gasteiger partial charge >= 0.3 is 5.69 Å². The molecule has 0 spiro atoms. The van der Waals surface area contributed by atoms with Crippen LogP contribution in [0.2, 0.25) is 0 Å². The summed E-state index contributed by atoms with van der Waals surface area (Å²) in [6.45, 7) is 1.95. The van der Waals surface area contributed by atoms with Crippen LogP contribution < -0.4 is 16.6 Å². The van der Waals surface area contributed by atoms with Gasteiger partial charge in [-0.25, -0.2) is 9.78 Å². The van der Waals surface area contributed by atoms with Crippen molar-refractivity contribution >= 4 is 11.2 Å². The Morgan fingerprint density at radius 3 is 2.73 bits per heavy atom. The lowest BCUT2D eigenvalue weighted by atomic mass is 10.2. The van der Waals surface area contributed by atoms with Crippen molar-refractivity contribution in [3.63, 3.8) is 0 Å². The number of nitrogens with one attached hydrogen (secondary N) is 1. The number of hydrogen-bond donors (Lipinski definition) is 1. The maximum absolute atomic E-state index is 12.5. The molecule has 0 saturated carbocycles. The second kappa shape index (κ2) is 5.69. The highest BCUT2D eigenvalue weighted by Gasteiger charge is 2.22. The minimum Gasteiger partial charge on any atom is -0.377 e. The Balaban J connectivity index is 2.24. The van der Waals surface area contributed by atoms with Crippen molar-refractivity contribution in [3.05, 3.63) is 26.7 Å². The lowest BCUT2D eigenvalue weighted by Gasteiger charge is -2.14. The first-order chi connectivity index (χ1) is 10.5. The summed E-state index contributed by atoms with van der Waals surface area (Å²) in [5.41, 5.74) is 0.194. The van der Waals surface area contributed by atoms with Crippen molar-refractivity contribution in [2.24, 2.45) is 14.1 Å². The quantitative estimate of drug-likeness (QED) is 0.810. The number of rotatable bonds is 4. The lowest BCUT2D eigenvalue weighted by Crippen LogP contribution is -2.38. The zero-order chi connectivity index (χ0) is 15.9. The first-order valence-corrected chi connectivity index (χ1v) is 7.42. The summed E-state index contributed by atoms with van der Waals surface area (Å²) in [6.07, 6.45) is 2.20. The van der Waals surface area contributed by atoms with Gasteiger partial charge in [0.25, 0.3) is 5.56 Å². The van der Waals surface area contributed by atoms with E-state index in [9.17, 15) is 9.59 Å². The Morgan fingerprint density at radius 1 is 1.32 bits per heavy atom. The van der Waals surface area contributed by atoms with E-state index >= 15 is 0 Å². The number of imidazole rings is 1. The van der Waals surface area contributed by atoms with E-state index in [1.165, 1.54) is 11.6 Å². The summed E-state index contributed by atoms with van der Waals surface area (Å²) in [7, 11) is 4.71. The third kappa shape index (κ3) is 2.28. The molecule has 1 N–H and O–H groups in total. The molecule has 3 heterocycles. The SMILES string of the molecule is COCc1nc2c(c(=O)n(C)c(=O)n2C)n1CC1CCCN1. The van der Waals surface area contributed by atoms with Crippen LogP contribution in [0.1, 0.15) is 18.7 Å². The summed E-state index contributed by atoms with van der Waals surface area (Å²) in [5.74, 6) is 0.671. The van der Waals surface area contributed by atoms with Crippen LogP contribution >= 0.6 is 0 Å². The summed E-state index contributed by atoms with van der Waals surface area (Å²) >= 11 is 0. The number of aromatic nitrogens is 4. The number of hydrogen-bond acceptors (Lipinski definition) is 5. The molecule has 8 heteroatoms. The average molecular weight is 307 g/mol. The van der Waals surface area contributed by atoms with Crippen molar-refractivity contribution in [2.75, 3.05) is 13.7 Å². The molecule has 22 heavy (non-hydrogen) atoms. The van der Waals surface area contributed by atoms with Crippen LogP contribution in [0.3, 0.4) is 0 Å². The fourth-order valence-electron chi connectivity index (χ4n) is 3.06. The summed E-state index contributed by atoms with van der Waals surface area (Å²) < 4.78 is 9.63. The molecule has 8 nitrogen and oxygen atoms in total. The van der Waals surface area contributed by atoms with E-state index in [0.29, 0.717) is 36.2 Å². The maximum Gasteiger partial charge on any atom is 0.332 e. The van der Waals surface area contributed by atoms with E-state index in [1.54, 1.807) is 14.2 Å². The van der Waals surface area contributed by atoms with Gasteiger partial charge in [-0.05, 0) is 19.4 Å². The van der Waals surface area contributed by atoms with E-state index in [0.717, 1.165) is 24.0 Å². The van der Waals surface area contributed by atoms with Gasteiger partial charge in [-0.3, -0.25) is 13.9 Å². The normalized spacial score (nSPS) is 18.4. The highest BCUT2D eigenvalue weighted by molar-refractivity contribution is 5.71. The van der Waals surface area contributed by atoms with Gasteiger partial charge in [0, 0.05) is 33.8 Å². The van der Waals surface area contributed by atoms with E-state index in [2.05, 4.69) is 10.3 Å². The summed E-state index contributed by atoms with van der Waals surface area (Å²) in [5, 5.41) is 3.42. The zero-order valence-electron chi connectivity index (χ0n) is 13.1. The highest BCUT2D eigenvalue weighted by Crippen LogP contribution is 2.15. The van der Waals surface area contributed by atoms with Crippen LogP contribution in [0.25, 0.3) is 11.2 Å². The molecular weight excluding hydrogens is 286 g/mol. The molecule has 3 rings (SSSR count). The third-order valence-electron chi connectivity index (χ3n) is 4.27. The van der Waals surface area contributed by atoms with E-state index in [4.69, 9.17) is 4.74 Å². The Bertz CT molecular complexity index is 810. The first-order valence-electron chi connectivity index (χ1n) is 7.42. The monoisotopic (exact) mass is 307 g/mol. The number of aryl methyl sites for hydroxylation is 1. The van der Waals surface area contributed by atoms with Gasteiger partial charge in [-0.2, -0.15) is 0 Å². The molecule has 2 aromatic rings. The molecule has 120 valence electrons. The average Bonchev–Trinajstić information content (AvgIpc) is 3.13. The molecule has 0 radical (unpaired) electrons. The minimum absolute atomic E-state index is 0.304. The lowest BCUT2D eigenvalue weighted by molar-refractivity contribution is 0.174. The standard InChI is InChI=1S/C14H21N5O3/c1-17-12-11(13(20)18(2)14(17)21)19(10(16-12)8-22-3)7-9-5-4-6-15-9/h9,15H,4-8H2,1-3H3. The van der Waals surface area contributed by atoms with E-state index in [-0.39, 0.29) is 11.2 Å². The second-order valence-corrected chi connectivity index (χ2v) is 5.74. The van der Waals surface area contributed by atoms with Gasteiger partial charge < -0.3 is 14.6 Å². The second-order valence-electron chi connectivity index (χ2n) is 5.74. The van der Waals surface area contributed by atoms with Gasteiger partial charge in [0.15, 0.2) is 11.2 Å². The largest absolute Gasteiger partial charge is 0.377 e. The van der Waals surface area contributed by atoms with Crippen molar-refractivity contribution in [2.45, 2.75) is 32.0 Å². The molecule has 0 aliphatic carbocycles. The Morgan fingerprint density at radius 2 is 2.09 bits per heavy atom. The van der Waals surface area contributed by atoms with Gasteiger partial charge in [0.1, 0.15) is 12.4 Å². The van der Waals surface area contributed by atoms with Crippen LogP contribution in [0.5, 0.6) is 0 Å². The van der Waals surface area contributed by atoms with Crippen molar-refractivity contribution in [1.82, 2.24) is 24.0 Å². The molecular formula is C14H21N5O3. The highest BCUT2D eigenvalue weighted by atomic mass is 16.5. The van der Waals surface area contributed by atoms with Crippen LogP contribution in [0.15, 0.2) is 9.59 Å². The molecule has 1 aliphatic rings. The van der Waals surface area contributed by atoms with Gasteiger partial charge in [0.2, 0.25) is 0 Å². The number of fused-ring (bicyclic) bond motifs is 1. The molecule has 0 aromatic carbocycles. The van der Waals surface area contributed by atoms with Crippen molar-refractivity contribution < 1.29 is 4.74 Å². The van der Waals surface area contributed by atoms with Crippen molar-refractivity contribution in [3.8, 4) is 0 Å². The van der Waals surface area contributed by atoms with Crippen LogP contribution in [-0.2, 0) is 32.0 Å². The van der Waals surface area contributed by atoms with E-state index in [1.807, 2.05) is 4.57 Å². The van der Waals surface area contributed by atoms with E-state index < -0.39 is 0 Å². The number of nitrogens with zero attached hydrogens (tertiary/aromatic N) is 4. The van der Waals surface area contributed by atoms with Gasteiger partial charge in [-0.1, -0.05) is 0 Å². The molecule has 0 bridgehead atoms. The molecule has 2 aromatic heterocycles. The van der Waals surface area contributed by atoms with Gasteiger partial charge in [0.05, 0.1) is 0 Å². The Kier molecular flexibility index (Phi) is 3.88. The Labute approximate surface area is 127 Å². The predicted molar refractivity (Wildman–Crippen MR) is 82.0 cm³/mol. The maximum atomic E-state index is 12.5. The zero-order valence-corrected chi connectivity index (χ0v) is 13.1. The summed E-state index contributed by atoms with van der Waals surface area (Å²) in [6, 6.07) is 0.315. The topological polar surface area (TPSA) is 83.1 Å². The molecule has 1 atom stereocenters. The molecule has 1 unspecified atom stereocenters. The van der Waals surface area contributed by atoms with Crippen LogP contribution in [-0.4, -0.2) is 38.4 Å². The molecule has 1 saturated heterocycles. The minimum atomic E-state index is -0.370. The number of ether oxygens (including phenoxy) is 1.